The summed E-state index contributed by atoms with van der Waals surface area (Å²) in [6, 6.07) is 0.337. The predicted molar refractivity (Wildman–Crippen MR) is 85.5 cm³/mol. The van der Waals surface area contributed by atoms with E-state index < -0.39 is 0 Å². The van der Waals surface area contributed by atoms with Crippen LogP contribution in [-0.4, -0.2) is 49.1 Å². The first kappa shape index (κ1) is 17.3. The number of carbonyl (C=O) groups is 2. The van der Waals surface area contributed by atoms with Crippen molar-refractivity contribution in [2.45, 2.75) is 76.4 Å². The van der Waals surface area contributed by atoms with Crippen LogP contribution in [0, 0.1) is 0 Å². The highest BCUT2D eigenvalue weighted by molar-refractivity contribution is 5.83. The standard InChI is InChI=1S/C17H30N2O3/c1-19(12-11-15-8-4-5-13-22-15)17(21)10-9-16(20)18-14-6-2-3-7-14/h14-15H,2-13H2,1H3,(H,18,20)/t15-/m1/s1. The van der Waals surface area contributed by atoms with Crippen molar-refractivity contribution in [2.75, 3.05) is 20.2 Å². The summed E-state index contributed by atoms with van der Waals surface area (Å²) in [5, 5.41) is 3.03. The normalized spacial score (nSPS) is 22.5. The molecule has 0 unspecified atom stereocenters. The van der Waals surface area contributed by atoms with Gasteiger partial charge in [-0.05, 0) is 38.5 Å². The Morgan fingerprint density at radius 1 is 1.09 bits per heavy atom. The fraction of sp³-hybridized carbons (Fsp3) is 0.882. The van der Waals surface area contributed by atoms with Gasteiger partial charge in [-0.2, -0.15) is 0 Å². The van der Waals surface area contributed by atoms with Crippen molar-refractivity contribution >= 4 is 11.8 Å². The molecule has 0 aromatic carbocycles. The summed E-state index contributed by atoms with van der Waals surface area (Å²) in [4.78, 5) is 25.6. The molecular weight excluding hydrogens is 280 g/mol. The minimum absolute atomic E-state index is 0.0178. The van der Waals surface area contributed by atoms with Crippen LogP contribution in [0.3, 0.4) is 0 Å². The molecule has 1 aliphatic heterocycles. The van der Waals surface area contributed by atoms with Gasteiger partial charge in [0, 0.05) is 39.1 Å². The molecule has 0 aromatic heterocycles. The highest BCUT2D eigenvalue weighted by atomic mass is 16.5. The molecule has 0 bridgehead atoms. The second kappa shape index (κ2) is 9.13. The number of hydrogen-bond donors (Lipinski definition) is 1. The van der Waals surface area contributed by atoms with Gasteiger partial charge in [-0.3, -0.25) is 9.59 Å². The number of nitrogens with zero attached hydrogens (tertiary/aromatic N) is 1. The number of amides is 2. The third kappa shape index (κ3) is 5.95. The minimum Gasteiger partial charge on any atom is -0.378 e. The summed E-state index contributed by atoms with van der Waals surface area (Å²) in [5.41, 5.74) is 0. The average molecular weight is 310 g/mol. The van der Waals surface area contributed by atoms with E-state index in [2.05, 4.69) is 5.32 Å². The Labute approximate surface area is 133 Å². The molecule has 1 atom stereocenters. The van der Waals surface area contributed by atoms with E-state index in [9.17, 15) is 9.59 Å². The van der Waals surface area contributed by atoms with Crippen LogP contribution in [0.25, 0.3) is 0 Å². The molecule has 2 rings (SSSR count). The number of hydrogen-bond acceptors (Lipinski definition) is 3. The fourth-order valence-electron chi connectivity index (χ4n) is 3.28. The SMILES string of the molecule is CN(CC[C@H]1CCCCO1)C(=O)CCC(=O)NC1CCCC1. The highest BCUT2D eigenvalue weighted by Crippen LogP contribution is 2.18. The number of nitrogens with one attached hydrogen (secondary N) is 1. The van der Waals surface area contributed by atoms with Gasteiger partial charge in [0.05, 0.1) is 6.10 Å². The van der Waals surface area contributed by atoms with E-state index in [1.807, 2.05) is 7.05 Å². The lowest BCUT2D eigenvalue weighted by atomic mass is 10.1. The molecule has 22 heavy (non-hydrogen) atoms. The van der Waals surface area contributed by atoms with Crippen LogP contribution < -0.4 is 5.32 Å². The Hall–Kier alpha value is -1.10. The lowest BCUT2D eigenvalue weighted by molar-refractivity contribution is -0.133. The summed E-state index contributed by atoms with van der Waals surface area (Å²) >= 11 is 0. The molecule has 2 amide bonds. The van der Waals surface area contributed by atoms with Crippen molar-refractivity contribution in [1.82, 2.24) is 10.2 Å². The van der Waals surface area contributed by atoms with E-state index >= 15 is 0 Å². The molecule has 1 saturated carbocycles. The Kier molecular flexibility index (Phi) is 7.16. The smallest absolute Gasteiger partial charge is 0.222 e. The quantitative estimate of drug-likeness (QED) is 0.784. The topological polar surface area (TPSA) is 58.6 Å². The Balaban J connectivity index is 1.57. The third-order valence-electron chi connectivity index (χ3n) is 4.77. The molecule has 1 N–H and O–H groups in total. The highest BCUT2D eigenvalue weighted by Gasteiger charge is 2.19. The second-order valence-electron chi connectivity index (χ2n) is 6.64. The van der Waals surface area contributed by atoms with Crippen molar-refractivity contribution in [2.24, 2.45) is 0 Å². The average Bonchev–Trinajstić information content (AvgIpc) is 3.04. The predicted octanol–water partition coefficient (Wildman–Crippen LogP) is 2.24. The summed E-state index contributed by atoms with van der Waals surface area (Å²) in [6.45, 7) is 1.57. The van der Waals surface area contributed by atoms with Crippen LogP contribution in [0.4, 0.5) is 0 Å². The van der Waals surface area contributed by atoms with Crippen LogP contribution in [0.15, 0.2) is 0 Å². The van der Waals surface area contributed by atoms with Gasteiger partial charge >= 0.3 is 0 Å². The zero-order valence-electron chi connectivity index (χ0n) is 13.8. The van der Waals surface area contributed by atoms with E-state index in [0.717, 1.165) is 38.7 Å². The van der Waals surface area contributed by atoms with Gasteiger partial charge in [0.2, 0.25) is 11.8 Å². The first-order valence-electron chi connectivity index (χ1n) is 8.80. The first-order valence-corrected chi connectivity index (χ1v) is 8.80. The largest absolute Gasteiger partial charge is 0.378 e. The molecule has 1 saturated heterocycles. The Morgan fingerprint density at radius 3 is 2.50 bits per heavy atom. The molecule has 5 heteroatoms. The molecule has 0 spiro atoms. The molecular formula is C17H30N2O3. The molecule has 1 aliphatic carbocycles. The monoisotopic (exact) mass is 310 g/mol. The van der Waals surface area contributed by atoms with E-state index in [1.165, 1.54) is 19.3 Å². The maximum Gasteiger partial charge on any atom is 0.222 e. The number of rotatable bonds is 7. The third-order valence-corrected chi connectivity index (χ3v) is 4.77. The molecule has 126 valence electrons. The molecule has 2 fully saturated rings. The summed E-state index contributed by atoms with van der Waals surface area (Å²) in [5.74, 6) is 0.0710. The number of carbonyl (C=O) groups excluding carboxylic acids is 2. The van der Waals surface area contributed by atoms with Crippen molar-refractivity contribution in [3.8, 4) is 0 Å². The van der Waals surface area contributed by atoms with Crippen molar-refractivity contribution in [1.29, 1.82) is 0 Å². The van der Waals surface area contributed by atoms with Gasteiger partial charge < -0.3 is 15.0 Å². The maximum absolute atomic E-state index is 12.1. The van der Waals surface area contributed by atoms with Gasteiger partial charge in [0.15, 0.2) is 0 Å². The minimum atomic E-state index is 0.0178. The zero-order valence-corrected chi connectivity index (χ0v) is 13.8. The Bertz CT molecular complexity index is 361. The second-order valence-corrected chi connectivity index (χ2v) is 6.64. The number of ether oxygens (including phenoxy) is 1. The van der Waals surface area contributed by atoms with Crippen molar-refractivity contribution < 1.29 is 14.3 Å². The maximum atomic E-state index is 12.1. The van der Waals surface area contributed by atoms with Crippen LogP contribution in [0.2, 0.25) is 0 Å². The van der Waals surface area contributed by atoms with Gasteiger partial charge in [-0.15, -0.1) is 0 Å². The molecule has 1 heterocycles. The lowest BCUT2D eigenvalue weighted by Crippen LogP contribution is -2.35. The van der Waals surface area contributed by atoms with E-state index in [1.54, 1.807) is 4.90 Å². The lowest BCUT2D eigenvalue weighted by Gasteiger charge is -2.25. The molecule has 0 radical (unpaired) electrons. The van der Waals surface area contributed by atoms with E-state index in [-0.39, 0.29) is 11.8 Å². The summed E-state index contributed by atoms with van der Waals surface area (Å²) in [7, 11) is 1.82. The van der Waals surface area contributed by atoms with Crippen molar-refractivity contribution in [3.05, 3.63) is 0 Å². The van der Waals surface area contributed by atoms with Gasteiger partial charge in [-0.25, -0.2) is 0 Å². The first-order chi connectivity index (χ1) is 10.6. The van der Waals surface area contributed by atoms with Gasteiger partial charge in [-0.1, -0.05) is 12.8 Å². The molecule has 0 aromatic rings. The van der Waals surface area contributed by atoms with Crippen LogP contribution in [0.1, 0.15) is 64.2 Å². The van der Waals surface area contributed by atoms with E-state index in [4.69, 9.17) is 4.74 Å². The fourth-order valence-corrected chi connectivity index (χ4v) is 3.28. The summed E-state index contributed by atoms with van der Waals surface area (Å²) < 4.78 is 5.68. The molecule has 5 nitrogen and oxygen atoms in total. The van der Waals surface area contributed by atoms with Crippen LogP contribution >= 0.6 is 0 Å². The van der Waals surface area contributed by atoms with Crippen LogP contribution in [0.5, 0.6) is 0 Å². The van der Waals surface area contributed by atoms with E-state index in [0.29, 0.717) is 31.5 Å². The Morgan fingerprint density at radius 2 is 1.82 bits per heavy atom. The summed E-state index contributed by atoms with van der Waals surface area (Å²) in [6.07, 6.45) is 9.87. The van der Waals surface area contributed by atoms with Crippen molar-refractivity contribution in [3.63, 3.8) is 0 Å². The van der Waals surface area contributed by atoms with Gasteiger partial charge in [0.1, 0.15) is 0 Å². The molecule has 2 aliphatic rings. The van der Waals surface area contributed by atoms with Gasteiger partial charge in [0.25, 0.3) is 0 Å². The zero-order chi connectivity index (χ0) is 15.8. The van der Waals surface area contributed by atoms with Crippen LogP contribution in [-0.2, 0) is 14.3 Å².